The molecule has 1 unspecified atom stereocenters. The summed E-state index contributed by atoms with van der Waals surface area (Å²) in [5, 5.41) is 0.577. The number of benzene rings is 1. The number of rotatable bonds is 4. The summed E-state index contributed by atoms with van der Waals surface area (Å²) in [5.41, 5.74) is 6.52. The third-order valence-corrected chi connectivity index (χ3v) is 4.24. The molecule has 0 spiro atoms. The van der Waals surface area contributed by atoms with Crippen LogP contribution >= 0.6 is 23.2 Å². The summed E-state index contributed by atoms with van der Waals surface area (Å²) in [5.74, 6) is -0.103. The number of carbonyl (C=O) groups excluding carboxylic acids is 1. The van der Waals surface area contributed by atoms with E-state index in [-0.39, 0.29) is 17.0 Å². The van der Waals surface area contributed by atoms with Gasteiger partial charge >= 0.3 is 0 Å². The second-order valence-corrected chi connectivity index (χ2v) is 5.63. The molecule has 0 aliphatic carbocycles. The van der Waals surface area contributed by atoms with Crippen LogP contribution in [0.25, 0.3) is 0 Å². The van der Waals surface area contributed by atoms with E-state index in [1.165, 1.54) is 0 Å². The van der Waals surface area contributed by atoms with Gasteiger partial charge in [-0.05, 0) is 31.9 Å². The fraction of sp³-hybridized carbons (Fsp3) is 0.500. The zero-order valence-electron chi connectivity index (χ0n) is 11.4. The van der Waals surface area contributed by atoms with Crippen molar-refractivity contribution in [2.45, 2.75) is 25.9 Å². The highest BCUT2D eigenvalue weighted by Crippen LogP contribution is 2.30. The fourth-order valence-electron chi connectivity index (χ4n) is 2.31. The Labute approximate surface area is 128 Å². The van der Waals surface area contributed by atoms with E-state index in [2.05, 4.69) is 0 Å². The molecule has 1 heterocycles. The summed E-state index contributed by atoms with van der Waals surface area (Å²) in [6, 6.07) is 3.12. The van der Waals surface area contributed by atoms with Crippen molar-refractivity contribution in [1.29, 1.82) is 0 Å². The van der Waals surface area contributed by atoms with Gasteiger partial charge < -0.3 is 15.4 Å². The quantitative estimate of drug-likeness (QED) is 0.868. The first kappa shape index (κ1) is 15.4. The second kappa shape index (κ2) is 6.66. The molecule has 2 rings (SSSR count). The van der Waals surface area contributed by atoms with Crippen LogP contribution in [-0.4, -0.2) is 36.6 Å². The molecule has 1 fully saturated rings. The molecule has 0 radical (unpaired) electrons. The number of ether oxygens (including phenoxy) is 1. The number of likely N-dealkylation sites (N-methyl/N-ethyl adjacent to an activating group) is 1. The summed E-state index contributed by atoms with van der Waals surface area (Å²) in [6.45, 7) is 3.91. The summed E-state index contributed by atoms with van der Waals surface area (Å²) in [7, 11) is 0. The SMILES string of the molecule is CCN(CC1CCCO1)C(=O)c1cc(N)c(Cl)c(Cl)c1. The highest BCUT2D eigenvalue weighted by atomic mass is 35.5. The summed E-state index contributed by atoms with van der Waals surface area (Å²) in [4.78, 5) is 14.2. The molecule has 6 heteroatoms. The standard InChI is InChI=1S/C14H18Cl2N2O2/c1-2-18(8-10-4-3-5-20-10)14(19)9-6-11(15)13(16)12(17)7-9/h6-7,10H,2-5,8,17H2,1H3. The third kappa shape index (κ3) is 3.37. The van der Waals surface area contributed by atoms with Crippen LogP contribution in [0.15, 0.2) is 12.1 Å². The van der Waals surface area contributed by atoms with E-state index in [0.29, 0.717) is 29.4 Å². The maximum atomic E-state index is 12.5. The molecular weight excluding hydrogens is 299 g/mol. The lowest BCUT2D eigenvalue weighted by Gasteiger charge is -2.24. The van der Waals surface area contributed by atoms with Gasteiger partial charge in [-0.3, -0.25) is 4.79 Å². The first-order valence-corrected chi connectivity index (χ1v) is 7.44. The van der Waals surface area contributed by atoms with Gasteiger partial charge in [-0.25, -0.2) is 0 Å². The number of amides is 1. The van der Waals surface area contributed by atoms with Crippen LogP contribution in [0.1, 0.15) is 30.1 Å². The molecule has 1 atom stereocenters. The van der Waals surface area contributed by atoms with Gasteiger partial charge in [0.15, 0.2) is 0 Å². The predicted octanol–water partition coefficient (Wildman–Crippen LogP) is 3.22. The van der Waals surface area contributed by atoms with Crippen LogP contribution in [0, 0.1) is 0 Å². The minimum absolute atomic E-state index is 0.103. The lowest BCUT2D eigenvalue weighted by atomic mass is 10.1. The third-order valence-electron chi connectivity index (χ3n) is 3.42. The lowest BCUT2D eigenvalue weighted by Crippen LogP contribution is -2.37. The van der Waals surface area contributed by atoms with Crippen LogP contribution in [0.4, 0.5) is 5.69 Å². The predicted molar refractivity (Wildman–Crippen MR) is 81.4 cm³/mol. The Hall–Kier alpha value is -0.970. The summed E-state index contributed by atoms with van der Waals surface area (Å²) >= 11 is 11.9. The number of nitrogens with zero attached hydrogens (tertiary/aromatic N) is 1. The van der Waals surface area contributed by atoms with Crippen molar-refractivity contribution in [3.8, 4) is 0 Å². The maximum Gasteiger partial charge on any atom is 0.254 e. The van der Waals surface area contributed by atoms with Gasteiger partial charge in [0.25, 0.3) is 5.91 Å². The van der Waals surface area contributed by atoms with Crippen molar-refractivity contribution in [2.75, 3.05) is 25.4 Å². The van der Waals surface area contributed by atoms with Gasteiger partial charge in [0, 0.05) is 25.3 Å². The van der Waals surface area contributed by atoms with Gasteiger partial charge in [-0.15, -0.1) is 0 Å². The molecular formula is C14H18Cl2N2O2. The molecule has 20 heavy (non-hydrogen) atoms. The normalized spacial score (nSPS) is 18.2. The van der Waals surface area contributed by atoms with Crippen LogP contribution in [0.2, 0.25) is 10.0 Å². The Balaban J connectivity index is 2.15. The topological polar surface area (TPSA) is 55.6 Å². The molecule has 1 aromatic carbocycles. The number of carbonyl (C=O) groups is 1. The molecule has 1 aromatic rings. The first-order valence-electron chi connectivity index (χ1n) is 6.68. The van der Waals surface area contributed by atoms with E-state index < -0.39 is 0 Å². The zero-order valence-corrected chi connectivity index (χ0v) is 12.9. The van der Waals surface area contributed by atoms with Gasteiger partial charge in [-0.1, -0.05) is 23.2 Å². The number of halogens is 2. The van der Waals surface area contributed by atoms with E-state index in [1.54, 1.807) is 17.0 Å². The minimum Gasteiger partial charge on any atom is -0.397 e. The maximum absolute atomic E-state index is 12.5. The molecule has 1 aliphatic rings. The Morgan fingerprint density at radius 1 is 1.50 bits per heavy atom. The minimum atomic E-state index is -0.103. The number of hydrogen-bond donors (Lipinski definition) is 1. The molecule has 2 N–H and O–H groups in total. The van der Waals surface area contributed by atoms with Crippen molar-refractivity contribution in [1.82, 2.24) is 4.90 Å². The Kier molecular flexibility index (Phi) is 5.13. The van der Waals surface area contributed by atoms with Crippen molar-refractivity contribution >= 4 is 34.8 Å². The fourth-order valence-corrected chi connectivity index (χ4v) is 2.64. The average Bonchev–Trinajstić information content (AvgIpc) is 2.93. The van der Waals surface area contributed by atoms with Crippen molar-refractivity contribution < 1.29 is 9.53 Å². The summed E-state index contributed by atoms with van der Waals surface area (Å²) in [6.07, 6.45) is 2.17. The number of anilines is 1. The smallest absolute Gasteiger partial charge is 0.254 e. The summed E-state index contributed by atoms with van der Waals surface area (Å²) < 4.78 is 5.57. The van der Waals surface area contributed by atoms with E-state index in [4.69, 9.17) is 33.7 Å². The van der Waals surface area contributed by atoms with Crippen molar-refractivity contribution in [3.05, 3.63) is 27.7 Å². The van der Waals surface area contributed by atoms with E-state index in [0.717, 1.165) is 19.4 Å². The monoisotopic (exact) mass is 316 g/mol. The lowest BCUT2D eigenvalue weighted by molar-refractivity contribution is 0.0539. The Morgan fingerprint density at radius 2 is 2.25 bits per heavy atom. The van der Waals surface area contributed by atoms with Gasteiger partial charge in [0.05, 0.1) is 21.8 Å². The van der Waals surface area contributed by atoms with Crippen LogP contribution in [0.3, 0.4) is 0 Å². The van der Waals surface area contributed by atoms with Crippen LogP contribution in [-0.2, 0) is 4.74 Å². The highest BCUT2D eigenvalue weighted by Gasteiger charge is 2.23. The van der Waals surface area contributed by atoms with Gasteiger partial charge in [0.2, 0.25) is 0 Å². The second-order valence-electron chi connectivity index (χ2n) is 4.84. The zero-order chi connectivity index (χ0) is 14.7. The largest absolute Gasteiger partial charge is 0.397 e. The molecule has 0 saturated carbocycles. The average molecular weight is 317 g/mol. The molecule has 0 aromatic heterocycles. The van der Waals surface area contributed by atoms with Crippen LogP contribution in [0.5, 0.6) is 0 Å². The van der Waals surface area contributed by atoms with E-state index in [9.17, 15) is 4.79 Å². The molecule has 0 bridgehead atoms. The number of hydrogen-bond acceptors (Lipinski definition) is 3. The molecule has 1 saturated heterocycles. The van der Waals surface area contributed by atoms with Crippen LogP contribution < -0.4 is 5.73 Å². The first-order chi connectivity index (χ1) is 9.52. The molecule has 1 aliphatic heterocycles. The van der Waals surface area contributed by atoms with Crippen molar-refractivity contribution in [3.63, 3.8) is 0 Å². The van der Waals surface area contributed by atoms with E-state index in [1.807, 2.05) is 6.92 Å². The number of nitrogens with two attached hydrogens (primary N) is 1. The van der Waals surface area contributed by atoms with E-state index >= 15 is 0 Å². The van der Waals surface area contributed by atoms with Gasteiger partial charge in [0.1, 0.15) is 0 Å². The molecule has 1 amide bonds. The highest BCUT2D eigenvalue weighted by molar-refractivity contribution is 6.43. The molecule has 4 nitrogen and oxygen atoms in total. The molecule has 110 valence electrons. The van der Waals surface area contributed by atoms with Crippen molar-refractivity contribution in [2.24, 2.45) is 0 Å². The van der Waals surface area contributed by atoms with Gasteiger partial charge in [-0.2, -0.15) is 0 Å². The Morgan fingerprint density at radius 3 is 2.80 bits per heavy atom. The Bertz CT molecular complexity index is 479. The number of nitrogen functional groups attached to an aromatic ring is 1.